The van der Waals surface area contributed by atoms with Crippen LogP contribution in [0.5, 0.6) is 0 Å². The topological polar surface area (TPSA) is 114 Å². The van der Waals surface area contributed by atoms with E-state index in [4.69, 9.17) is 18.9 Å². The Kier molecular flexibility index (Phi) is 8.53. The number of benzene rings is 2. The maximum Gasteiger partial charge on any atom is 0.341 e. The van der Waals surface area contributed by atoms with E-state index in [-0.39, 0.29) is 11.7 Å². The molecule has 2 aliphatic rings. The highest BCUT2D eigenvalue weighted by Crippen LogP contribution is 2.35. The third kappa shape index (κ3) is 6.05. The lowest BCUT2D eigenvalue weighted by molar-refractivity contribution is 0.0695. The summed E-state index contributed by atoms with van der Waals surface area (Å²) in [4.78, 5) is 36.3. The normalized spacial score (nSPS) is 17.7. The Morgan fingerprint density at radius 3 is 2.58 bits per heavy atom. The van der Waals surface area contributed by atoms with Gasteiger partial charge in [0.05, 0.1) is 24.1 Å². The molecule has 0 saturated carbocycles. The third-order valence-electron chi connectivity index (χ3n) is 8.24. The Labute approximate surface area is 257 Å². The number of hydrogen-bond acceptors (Lipinski definition) is 9. The lowest BCUT2D eigenvalue weighted by atomic mass is 10.1. The third-order valence-corrected chi connectivity index (χ3v) is 8.87. The smallest absolute Gasteiger partial charge is 0.341 e. The van der Waals surface area contributed by atoms with Gasteiger partial charge >= 0.3 is 5.97 Å². The fraction of sp³-hybridized carbons (Fsp3) is 0.387. The summed E-state index contributed by atoms with van der Waals surface area (Å²) in [6, 6.07) is 13.4. The number of fused-ring (bicyclic) bond motifs is 1. The number of oxazole rings is 1. The molecule has 0 radical (unpaired) electrons. The van der Waals surface area contributed by atoms with E-state index < -0.39 is 11.4 Å². The fourth-order valence-electron chi connectivity index (χ4n) is 5.76. The molecule has 2 saturated heterocycles. The van der Waals surface area contributed by atoms with Gasteiger partial charge in [0.2, 0.25) is 0 Å². The minimum Gasteiger partial charge on any atom is -0.477 e. The lowest BCUT2D eigenvalue weighted by Crippen LogP contribution is -2.47. The van der Waals surface area contributed by atoms with Crippen LogP contribution < -0.4 is 15.2 Å². The number of rotatable bonds is 9. The highest BCUT2D eigenvalue weighted by Gasteiger charge is 2.25. The second-order valence-electron chi connectivity index (χ2n) is 10.8. The number of methoxy groups -OCH3 is 2. The molecule has 4 heterocycles. The van der Waals surface area contributed by atoms with Crippen LogP contribution in [0.15, 0.2) is 62.3 Å². The Morgan fingerprint density at radius 1 is 1.07 bits per heavy atom. The van der Waals surface area contributed by atoms with E-state index in [1.807, 2.05) is 36.4 Å². The first-order valence-electron chi connectivity index (χ1n) is 14.3. The quantitative estimate of drug-likeness (QED) is 0.284. The van der Waals surface area contributed by atoms with Crippen LogP contribution in [0.2, 0.25) is 0 Å². The van der Waals surface area contributed by atoms with Gasteiger partial charge in [0.15, 0.2) is 11.0 Å². The van der Waals surface area contributed by atoms with Crippen molar-refractivity contribution in [3.63, 3.8) is 0 Å². The van der Waals surface area contributed by atoms with Crippen molar-refractivity contribution in [1.29, 1.82) is 0 Å². The number of piperazine rings is 1. The minimum atomic E-state index is -1.28. The van der Waals surface area contributed by atoms with Gasteiger partial charge < -0.3 is 33.4 Å². The Bertz CT molecular complexity index is 1700. The number of pyridine rings is 1. The number of halogens is 1. The number of hydrogen-bond donors (Lipinski definition) is 1. The Hall–Kier alpha value is -3.71. The van der Waals surface area contributed by atoms with Crippen molar-refractivity contribution >= 4 is 44.7 Å². The molecule has 0 aliphatic carbocycles. The van der Waals surface area contributed by atoms with Crippen molar-refractivity contribution in [2.45, 2.75) is 12.5 Å². The molecule has 11 nitrogen and oxygen atoms in total. The molecule has 1 N–H and O–H groups in total. The molecule has 2 fully saturated rings. The molecule has 12 heteroatoms. The van der Waals surface area contributed by atoms with E-state index in [1.165, 1.54) is 12.3 Å². The number of anilines is 2. The van der Waals surface area contributed by atoms with E-state index in [2.05, 4.69) is 30.6 Å². The van der Waals surface area contributed by atoms with E-state index in [0.717, 1.165) is 68.0 Å². The predicted octanol–water partition coefficient (Wildman–Crippen LogP) is 4.10. The maximum absolute atomic E-state index is 12.9. The molecule has 2 aromatic carbocycles. The predicted molar refractivity (Wildman–Crippen MR) is 168 cm³/mol. The number of carboxylic acid groups (broad SMARTS) is 1. The molecule has 0 spiro atoms. The van der Waals surface area contributed by atoms with Gasteiger partial charge in [0.25, 0.3) is 6.01 Å². The van der Waals surface area contributed by atoms with Gasteiger partial charge in [-0.05, 0) is 52.2 Å². The van der Waals surface area contributed by atoms with E-state index in [1.54, 1.807) is 18.8 Å². The van der Waals surface area contributed by atoms with Crippen LogP contribution in [0.4, 0.5) is 11.7 Å². The van der Waals surface area contributed by atoms with Gasteiger partial charge in [-0.25, -0.2) is 4.79 Å². The summed E-state index contributed by atoms with van der Waals surface area (Å²) in [5.41, 5.74) is 3.42. The van der Waals surface area contributed by atoms with Gasteiger partial charge in [-0.15, -0.1) is 0 Å². The van der Waals surface area contributed by atoms with Crippen molar-refractivity contribution < 1.29 is 23.8 Å². The standard InChI is InChI=1S/C31H34BrN5O6/c1-41-14-13-34-9-11-35(12-10-34)31-33-25-5-4-21(16-29(25)43-31)37-19-23(30(39)40)28(38)17-27(37)20-3-6-26(24(32)15-20)36-8-7-22(18-36)42-2/h3-6,15-17,19,22H,7-14,18H2,1-2H3,(H,39,40)/t22-/m1/s1. The summed E-state index contributed by atoms with van der Waals surface area (Å²) in [6.07, 6.45) is 2.53. The number of aromatic carboxylic acids is 1. The first-order valence-corrected chi connectivity index (χ1v) is 15.1. The van der Waals surface area contributed by atoms with Crippen LogP contribution in [-0.4, -0.2) is 98.3 Å². The van der Waals surface area contributed by atoms with Crippen LogP contribution in [0.1, 0.15) is 16.8 Å². The molecular formula is C31H34BrN5O6. The summed E-state index contributed by atoms with van der Waals surface area (Å²) in [7, 11) is 3.44. The monoisotopic (exact) mass is 651 g/mol. The van der Waals surface area contributed by atoms with Crippen molar-refractivity contribution in [2.24, 2.45) is 0 Å². The fourth-order valence-corrected chi connectivity index (χ4v) is 6.39. The highest BCUT2D eigenvalue weighted by atomic mass is 79.9. The second-order valence-corrected chi connectivity index (χ2v) is 11.7. The molecule has 1 atom stereocenters. The summed E-state index contributed by atoms with van der Waals surface area (Å²) < 4.78 is 19.5. The average molecular weight is 653 g/mol. The minimum absolute atomic E-state index is 0.192. The zero-order valence-electron chi connectivity index (χ0n) is 24.2. The first-order chi connectivity index (χ1) is 20.8. The first kappa shape index (κ1) is 29.4. The molecule has 2 aliphatic heterocycles. The van der Waals surface area contributed by atoms with Crippen LogP contribution in [0, 0.1) is 0 Å². The van der Waals surface area contributed by atoms with Gasteiger partial charge in [0.1, 0.15) is 11.1 Å². The van der Waals surface area contributed by atoms with E-state index in [0.29, 0.717) is 35.1 Å². The largest absolute Gasteiger partial charge is 0.477 e. The van der Waals surface area contributed by atoms with Crippen LogP contribution in [0.3, 0.4) is 0 Å². The number of carboxylic acids is 1. The van der Waals surface area contributed by atoms with Crippen molar-refractivity contribution in [3.05, 3.63) is 68.9 Å². The molecule has 4 aromatic rings. The average Bonchev–Trinajstić information content (AvgIpc) is 3.67. The van der Waals surface area contributed by atoms with Crippen molar-refractivity contribution in [3.8, 4) is 16.9 Å². The molecule has 0 unspecified atom stereocenters. The van der Waals surface area contributed by atoms with Crippen LogP contribution in [-0.2, 0) is 9.47 Å². The molecule has 43 heavy (non-hydrogen) atoms. The molecule has 6 rings (SSSR count). The van der Waals surface area contributed by atoms with Crippen LogP contribution >= 0.6 is 15.9 Å². The summed E-state index contributed by atoms with van der Waals surface area (Å²) in [5.74, 6) is -1.28. The maximum atomic E-state index is 12.9. The van der Waals surface area contributed by atoms with Crippen molar-refractivity contribution in [2.75, 3.05) is 76.4 Å². The van der Waals surface area contributed by atoms with Crippen LogP contribution in [0.25, 0.3) is 28.0 Å². The summed E-state index contributed by atoms with van der Waals surface area (Å²) in [5, 5.41) is 9.75. The molecule has 0 bridgehead atoms. The lowest BCUT2D eigenvalue weighted by Gasteiger charge is -2.33. The second kappa shape index (κ2) is 12.5. The summed E-state index contributed by atoms with van der Waals surface area (Å²) >= 11 is 3.72. The van der Waals surface area contributed by atoms with Gasteiger partial charge in [0, 0.05) is 88.5 Å². The number of ether oxygens (including phenoxy) is 2. The molecular weight excluding hydrogens is 618 g/mol. The Balaban J connectivity index is 1.33. The highest BCUT2D eigenvalue weighted by molar-refractivity contribution is 9.10. The van der Waals surface area contributed by atoms with Gasteiger partial charge in [-0.3, -0.25) is 9.69 Å². The van der Waals surface area contributed by atoms with E-state index in [9.17, 15) is 14.7 Å². The SMILES string of the molecule is COCCN1CCN(c2nc3ccc(-n4cc(C(=O)O)c(=O)cc4-c4ccc(N5CC[C@@H](OC)C5)c(Br)c4)cc3o2)CC1. The van der Waals surface area contributed by atoms with Crippen molar-refractivity contribution in [1.82, 2.24) is 14.5 Å². The molecule has 0 amide bonds. The number of aromatic nitrogens is 2. The zero-order chi connectivity index (χ0) is 30.1. The van der Waals surface area contributed by atoms with Gasteiger partial charge in [-0.2, -0.15) is 4.98 Å². The number of nitrogens with zero attached hydrogens (tertiary/aromatic N) is 5. The van der Waals surface area contributed by atoms with E-state index >= 15 is 0 Å². The van der Waals surface area contributed by atoms with Gasteiger partial charge in [-0.1, -0.05) is 6.07 Å². The Morgan fingerprint density at radius 2 is 1.88 bits per heavy atom. The zero-order valence-corrected chi connectivity index (χ0v) is 25.7. The summed E-state index contributed by atoms with van der Waals surface area (Å²) in [6.45, 7) is 6.67. The molecule has 226 valence electrons. The number of carbonyl (C=O) groups is 1. The molecule has 2 aromatic heterocycles.